The van der Waals surface area contributed by atoms with E-state index in [0.717, 1.165) is 15.0 Å². The number of fused-ring (bicyclic) bond motifs is 1. The predicted molar refractivity (Wildman–Crippen MR) is 107 cm³/mol. The number of benzene rings is 2. The normalized spacial score (nSPS) is 11.3. The van der Waals surface area contributed by atoms with Crippen molar-refractivity contribution in [3.05, 3.63) is 97.0 Å². The van der Waals surface area contributed by atoms with Gasteiger partial charge in [0.05, 0.1) is 17.6 Å². The Labute approximate surface area is 162 Å². The summed E-state index contributed by atoms with van der Waals surface area (Å²) in [5.41, 5.74) is 0.707. The molecule has 142 valence electrons. The second kappa shape index (κ2) is 6.83. The van der Waals surface area contributed by atoms with Crippen LogP contribution in [-0.4, -0.2) is 9.13 Å². The summed E-state index contributed by atoms with van der Waals surface area (Å²) in [4.78, 5) is 27.9. The van der Waals surface area contributed by atoms with Crippen molar-refractivity contribution in [3.8, 4) is 5.69 Å². The van der Waals surface area contributed by atoms with Crippen molar-refractivity contribution >= 4 is 21.6 Å². The highest BCUT2D eigenvalue weighted by Gasteiger charge is 2.19. The van der Waals surface area contributed by atoms with Crippen LogP contribution in [0.4, 0.5) is 8.78 Å². The molecule has 0 unspecified atom stereocenters. The monoisotopic (exact) mass is 398 g/mol. The van der Waals surface area contributed by atoms with Crippen molar-refractivity contribution in [3.63, 3.8) is 0 Å². The Bertz CT molecular complexity index is 1320. The first-order valence-corrected chi connectivity index (χ1v) is 9.44. The molecule has 7 heteroatoms. The number of halogens is 2. The third kappa shape index (κ3) is 2.97. The minimum atomic E-state index is -0.547. The van der Waals surface area contributed by atoms with E-state index in [-0.39, 0.29) is 12.2 Å². The fourth-order valence-electron chi connectivity index (χ4n) is 3.23. The third-order valence-electron chi connectivity index (χ3n) is 4.77. The molecule has 28 heavy (non-hydrogen) atoms. The summed E-state index contributed by atoms with van der Waals surface area (Å²) in [5, 5.41) is 0.447. The molecule has 0 spiro atoms. The number of hydrogen-bond acceptors (Lipinski definition) is 3. The molecule has 0 radical (unpaired) electrons. The minimum Gasteiger partial charge on any atom is -0.279 e. The summed E-state index contributed by atoms with van der Waals surface area (Å²) in [7, 11) is 0. The van der Waals surface area contributed by atoms with E-state index < -0.39 is 22.9 Å². The Balaban J connectivity index is 2.06. The van der Waals surface area contributed by atoms with Crippen LogP contribution in [0.2, 0.25) is 0 Å². The maximum atomic E-state index is 13.6. The van der Waals surface area contributed by atoms with Crippen molar-refractivity contribution in [1.82, 2.24) is 9.13 Å². The molecule has 0 bridgehead atoms. The second-order valence-electron chi connectivity index (χ2n) is 6.58. The average Bonchev–Trinajstić information content (AvgIpc) is 2.95. The van der Waals surface area contributed by atoms with Crippen LogP contribution >= 0.6 is 11.3 Å². The highest BCUT2D eigenvalue weighted by atomic mass is 32.1. The van der Waals surface area contributed by atoms with E-state index in [2.05, 4.69) is 0 Å². The second-order valence-corrected chi connectivity index (χ2v) is 7.78. The number of thiophene rings is 1. The van der Waals surface area contributed by atoms with Crippen molar-refractivity contribution in [1.29, 1.82) is 0 Å². The molecule has 2 heterocycles. The largest absolute Gasteiger partial charge is 0.337 e. The van der Waals surface area contributed by atoms with Gasteiger partial charge >= 0.3 is 5.69 Å². The Morgan fingerprint density at radius 3 is 2.36 bits per heavy atom. The van der Waals surface area contributed by atoms with Gasteiger partial charge in [0.2, 0.25) is 0 Å². The van der Waals surface area contributed by atoms with Crippen molar-refractivity contribution in [2.24, 2.45) is 0 Å². The van der Waals surface area contributed by atoms with E-state index in [9.17, 15) is 18.4 Å². The quantitative estimate of drug-likeness (QED) is 0.520. The molecule has 4 rings (SSSR count). The summed E-state index contributed by atoms with van der Waals surface area (Å²) in [6, 6.07) is 11.2. The van der Waals surface area contributed by atoms with Crippen molar-refractivity contribution in [2.45, 2.75) is 20.4 Å². The highest BCUT2D eigenvalue weighted by molar-refractivity contribution is 7.18. The van der Waals surface area contributed by atoms with Crippen LogP contribution in [-0.2, 0) is 6.54 Å². The number of rotatable bonds is 3. The standard InChI is InChI=1S/C21H16F2N2O2S/c1-12-13(2)28-20-18(12)19(26)25(17-8-6-15(22)7-9-17)21(27)24(20)11-14-4-3-5-16(23)10-14/h3-10H,11H2,1-2H3. The first-order chi connectivity index (χ1) is 13.4. The van der Waals surface area contributed by atoms with Gasteiger partial charge in [-0.2, -0.15) is 0 Å². The van der Waals surface area contributed by atoms with Gasteiger partial charge < -0.3 is 0 Å². The molecule has 0 amide bonds. The lowest BCUT2D eigenvalue weighted by atomic mass is 10.2. The summed E-state index contributed by atoms with van der Waals surface area (Å²) in [6.45, 7) is 3.84. The minimum absolute atomic E-state index is 0.119. The van der Waals surface area contributed by atoms with Gasteiger partial charge in [-0.1, -0.05) is 12.1 Å². The van der Waals surface area contributed by atoms with E-state index in [4.69, 9.17) is 0 Å². The summed E-state index contributed by atoms with van der Waals surface area (Å²) < 4.78 is 29.5. The predicted octanol–water partition coefficient (Wildman–Crippen LogP) is 4.16. The van der Waals surface area contributed by atoms with E-state index >= 15 is 0 Å². The van der Waals surface area contributed by atoms with Gasteiger partial charge in [-0.05, 0) is 61.4 Å². The molecule has 2 aromatic heterocycles. The summed E-state index contributed by atoms with van der Waals surface area (Å²) in [6.07, 6.45) is 0. The van der Waals surface area contributed by atoms with Crippen LogP contribution in [0.5, 0.6) is 0 Å². The number of nitrogens with zero attached hydrogens (tertiary/aromatic N) is 2. The topological polar surface area (TPSA) is 44.0 Å². The third-order valence-corrected chi connectivity index (χ3v) is 6.00. The molecule has 0 atom stereocenters. The van der Waals surface area contributed by atoms with Gasteiger partial charge in [0.1, 0.15) is 16.5 Å². The van der Waals surface area contributed by atoms with Gasteiger partial charge in [-0.15, -0.1) is 11.3 Å². The number of hydrogen-bond donors (Lipinski definition) is 0. The van der Waals surface area contributed by atoms with Crippen LogP contribution in [0.1, 0.15) is 16.0 Å². The molecule has 2 aromatic carbocycles. The van der Waals surface area contributed by atoms with Crippen LogP contribution in [0.15, 0.2) is 58.1 Å². The lowest BCUT2D eigenvalue weighted by Gasteiger charge is -2.12. The van der Waals surface area contributed by atoms with Gasteiger partial charge in [0.15, 0.2) is 0 Å². The molecule has 0 aliphatic carbocycles. The molecule has 0 aliphatic rings. The Morgan fingerprint density at radius 1 is 0.964 bits per heavy atom. The van der Waals surface area contributed by atoms with Crippen LogP contribution in [0, 0.1) is 25.5 Å². The zero-order chi connectivity index (χ0) is 20.0. The molecule has 4 nitrogen and oxygen atoms in total. The van der Waals surface area contributed by atoms with Crippen molar-refractivity contribution < 1.29 is 8.78 Å². The maximum absolute atomic E-state index is 13.6. The molecule has 4 aromatic rings. The molecule has 0 fully saturated rings. The van der Waals surface area contributed by atoms with Crippen LogP contribution in [0.25, 0.3) is 15.9 Å². The zero-order valence-electron chi connectivity index (χ0n) is 15.2. The average molecular weight is 398 g/mol. The van der Waals surface area contributed by atoms with Crippen LogP contribution in [0.3, 0.4) is 0 Å². The smallest absolute Gasteiger partial charge is 0.279 e. The molecule has 0 saturated heterocycles. The van der Waals surface area contributed by atoms with Crippen molar-refractivity contribution in [2.75, 3.05) is 0 Å². The molecule has 0 saturated carbocycles. The maximum Gasteiger partial charge on any atom is 0.337 e. The molecule has 0 N–H and O–H groups in total. The fourth-order valence-corrected chi connectivity index (χ4v) is 4.37. The highest BCUT2D eigenvalue weighted by Crippen LogP contribution is 2.27. The lowest BCUT2D eigenvalue weighted by molar-refractivity contribution is 0.622. The molecular formula is C21H16F2N2O2S. The van der Waals surface area contributed by atoms with Crippen LogP contribution < -0.4 is 11.2 Å². The first-order valence-electron chi connectivity index (χ1n) is 8.63. The Hall–Kier alpha value is -3.06. The number of aryl methyl sites for hydroxylation is 2. The SMILES string of the molecule is Cc1sc2c(c1C)c(=O)n(-c1ccc(F)cc1)c(=O)n2Cc1cccc(F)c1. The van der Waals surface area contributed by atoms with Gasteiger partial charge in [0, 0.05) is 4.88 Å². The number of aromatic nitrogens is 2. The summed E-state index contributed by atoms with van der Waals surface area (Å²) in [5.74, 6) is -0.854. The van der Waals surface area contributed by atoms with Gasteiger partial charge in [-0.25, -0.2) is 18.1 Å². The Morgan fingerprint density at radius 2 is 1.68 bits per heavy atom. The van der Waals surface area contributed by atoms with E-state index in [0.29, 0.717) is 15.8 Å². The van der Waals surface area contributed by atoms with Gasteiger partial charge in [0.25, 0.3) is 5.56 Å². The molecular weight excluding hydrogens is 382 g/mol. The Kier molecular flexibility index (Phi) is 4.47. The van der Waals surface area contributed by atoms with E-state index in [1.54, 1.807) is 12.1 Å². The zero-order valence-corrected chi connectivity index (χ0v) is 16.0. The first kappa shape index (κ1) is 18.3. The van der Waals surface area contributed by atoms with E-state index in [1.807, 2.05) is 13.8 Å². The lowest BCUT2D eigenvalue weighted by Crippen LogP contribution is -2.38. The van der Waals surface area contributed by atoms with E-state index in [1.165, 1.54) is 52.3 Å². The fraction of sp³-hybridized carbons (Fsp3) is 0.143. The van der Waals surface area contributed by atoms with Gasteiger partial charge in [-0.3, -0.25) is 9.36 Å². The molecule has 0 aliphatic heterocycles. The summed E-state index contributed by atoms with van der Waals surface area (Å²) >= 11 is 1.36.